The Balaban J connectivity index is 1.56. The highest BCUT2D eigenvalue weighted by Crippen LogP contribution is 2.40. The fourth-order valence-electron chi connectivity index (χ4n) is 4.16. The molecule has 6 heteroatoms. The van der Waals surface area contributed by atoms with Crippen molar-refractivity contribution in [1.82, 2.24) is 19.8 Å². The number of likely N-dealkylation sites (N-methyl/N-ethyl adjacent to an activating group) is 1. The van der Waals surface area contributed by atoms with E-state index in [1.165, 1.54) is 9.75 Å². The second-order valence-corrected chi connectivity index (χ2v) is 8.78. The average Bonchev–Trinajstić information content (AvgIpc) is 3.00. The molecule has 0 radical (unpaired) electrons. The highest BCUT2D eigenvalue weighted by molar-refractivity contribution is 7.11. The van der Waals surface area contributed by atoms with Crippen molar-refractivity contribution in [3.05, 3.63) is 45.2 Å². The zero-order chi connectivity index (χ0) is 17.6. The lowest BCUT2D eigenvalue weighted by atomic mass is 9.71. The lowest BCUT2D eigenvalue weighted by Gasteiger charge is -2.46. The predicted octanol–water partition coefficient (Wildman–Crippen LogP) is 2.77. The van der Waals surface area contributed by atoms with E-state index >= 15 is 0 Å². The van der Waals surface area contributed by atoms with Crippen LogP contribution in [0.4, 0.5) is 0 Å². The summed E-state index contributed by atoms with van der Waals surface area (Å²) in [4.78, 5) is 28.7. The maximum atomic E-state index is 12.5. The molecule has 0 atom stereocenters. The van der Waals surface area contributed by atoms with Gasteiger partial charge in [0.05, 0.1) is 11.3 Å². The first kappa shape index (κ1) is 16.7. The highest BCUT2D eigenvalue weighted by Gasteiger charge is 2.45. The van der Waals surface area contributed by atoms with E-state index < -0.39 is 0 Å². The van der Waals surface area contributed by atoms with Crippen LogP contribution in [0.3, 0.4) is 0 Å². The van der Waals surface area contributed by atoms with Crippen LogP contribution in [0.5, 0.6) is 0 Å². The summed E-state index contributed by atoms with van der Waals surface area (Å²) in [7, 11) is 1.90. The molecule has 2 aliphatic rings. The van der Waals surface area contributed by atoms with Crippen molar-refractivity contribution < 1.29 is 4.79 Å². The molecule has 0 saturated carbocycles. The van der Waals surface area contributed by atoms with E-state index in [0.717, 1.165) is 50.5 Å². The first-order chi connectivity index (χ1) is 12.0. The van der Waals surface area contributed by atoms with Crippen LogP contribution in [0.25, 0.3) is 0 Å². The lowest BCUT2D eigenvalue weighted by Crippen LogP contribution is -2.53. The highest BCUT2D eigenvalue weighted by atomic mass is 32.1. The molecule has 1 fully saturated rings. The van der Waals surface area contributed by atoms with Gasteiger partial charge in [-0.15, -0.1) is 11.3 Å². The van der Waals surface area contributed by atoms with Gasteiger partial charge < -0.3 is 4.90 Å². The molecule has 1 spiro atoms. The molecule has 25 heavy (non-hydrogen) atoms. The number of likely N-dealkylation sites (tertiary alicyclic amines) is 1. The SMILES string of the molecule is Cc1ncc2c(n1)C1(CCN(Cc3ccc(C)s3)CC1)CN(C)C2=O. The summed E-state index contributed by atoms with van der Waals surface area (Å²) in [5.41, 5.74) is 1.66. The summed E-state index contributed by atoms with van der Waals surface area (Å²) in [5.74, 6) is 0.809. The van der Waals surface area contributed by atoms with Crippen molar-refractivity contribution in [3.8, 4) is 0 Å². The Kier molecular flexibility index (Phi) is 4.12. The van der Waals surface area contributed by atoms with Gasteiger partial charge in [-0.05, 0) is 51.9 Å². The number of carbonyl (C=O) groups excluding carboxylic acids is 1. The normalized spacial score (nSPS) is 20.1. The van der Waals surface area contributed by atoms with Gasteiger partial charge in [-0.1, -0.05) is 0 Å². The summed E-state index contributed by atoms with van der Waals surface area (Å²) < 4.78 is 0. The monoisotopic (exact) mass is 356 g/mol. The zero-order valence-corrected chi connectivity index (χ0v) is 15.9. The van der Waals surface area contributed by atoms with Crippen molar-refractivity contribution in [1.29, 1.82) is 0 Å². The number of hydrogen-bond donors (Lipinski definition) is 0. The van der Waals surface area contributed by atoms with Gasteiger partial charge in [0, 0.05) is 41.5 Å². The van der Waals surface area contributed by atoms with Crippen molar-refractivity contribution >= 4 is 17.2 Å². The van der Waals surface area contributed by atoms with E-state index in [0.29, 0.717) is 5.56 Å². The molecule has 1 amide bonds. The van der Waals surface area contributed by atoms with E-state index in [-0.39, 0.29) is 11.3 Å². The van der Waals surface area contributed by atoms with Crippen molar-refractivity contribution in [2.75, 3.05) is 26.7 Å². The summed E-state index contributed by atoms with van der Waals surface area (Å²) in [5, 5.41) is 0. The third-order valence-corrected chi connectivity index (χ3v) is 6.50. The number of hydrogen-bond acceptors (Lipinski definition) is 5. The van der Waals surface area contributed by atoms with Crippen LogP contribution in [0.15, 0.2) is 18.3 Å². The lowest BCUT2D eigenvalue weighted by molar-refractivity contribution is 0.0624. The summed E-state index contributed by atoms with van der Waals surface area (Å²) >= 11 is 1.88. The van der Waals surface area contributed by atoms with Crippen LogP contribution in [0.2, 0.25) is 0 Å². The van der Waals surface area contributed by atoms with E-state index in [9.17, 15) is 4.79 Å². The molecule has 2 aromatic rings. The maximum Gasteiger partial charge on any atom is 0.257 e. The molecule has 1 saturated heterocycles. The van der Waals surface area contributed by atoms with Gasteiger partial charge in [0.1, 0.15) is 5.82 Å². The number of amides is 1. The van der Waals surface area contributed by atoms with Crippen LogP contribution in [0, 0.1) is 13.8 Å². The maximum absolute atomic E-state index is 12.5. The number of fused-ring (bicyclic) bond motifs is 2. The first-order valence-corrected chi connectivity index (χ1v) is 9.66. The van der Waals surface area contributed by atoms with Gasteiger partial charge in [0.25, 0.3) is 5.91 Å². The van der Waals surface area contributed by atoms with Crippen LogP contribution in [0.1, 0.15) is 44.5 Å². The van der Waals surface area contributed by atoms with Gasteiger partial charge in [-0.25, -0.2) is 9.97 Å². The quantitative estimate of drug-likeness (QED) is 0.830. The Morgan fingerprint density at radius 3 is 2.68 bits per heavy atom. The Morgan fingerprint density at radius 2 is 2.00 bits per heavy atom. The predicted molar refractivity (Wildman–Crippen MR) is 99.0 cm³/mol. The molecule has 0 bridgehead atoms. The number of rotatable bonds is 2. The Bertz CT molecular complexity index is 808. The van der Waals surface area contributed by atoms with E-state index in [4.69, 9.17) is 4.98 Å². The molecular formula is C19H24N4OS. The largest absolute Gasteiger partial charge is 0.341 e. The standard InChI is InChI=1S/C19H24N4OS/c1-13-4-5-15(25-13)11-23-8-6-19(7-9-23)12-22(3)18(24)16-10-20-14(2)21-17(16)19/h4-5,10H,6-9,11-12H2,1-3H3. The van der Waals surface area contributed by atoms with E-state index in [1.54, 1.807) is 6.20 Å². The third kappa shape index (κ3) is 2.98. The molecule has 2 aromatic heterocycles. The van der Waals surface area contributed by atoms with Gasteiger partial charge in [0.15, 0.2) is 0 Å². The van der Waals surface area contributed by atoms with Crippen LogP contribution in [-0.2, 0) is 12.0 Å². The zero-order valence-electron chi connectivity index (χ0n) is 15.1. The van der Waals surface area contributed by atoms with Gasteiger partial charge >= 0.3 is 0 Å². The number of thiophene rings is 1. The van der Waals surface area contributed by atoms with Crippen molar-refractivity contribution in [2.45, 2.75) is 38.6 Å². The second kappa shape index (κ2) is 6.18. The van der Waals surface area contributed by atoms with Crippen LogP contribution >= 0.6 is 11.3 Å². The minimum atomic E-state index is -0.0203. The molecule has 4 rings (SSSR count). The van der Waals surface area contributed by atoms with Crippen LogP contribution in [-0.4, -0.2) is 52.4 Å². The van der Waals surface area contributed by atoms with E-state index in [1.807, 2.05) is 30.2 Å². The van der Waals surface area contributed by atoms with Gasteiger partial charge in [0.2, 0.25) is 0 Å². The topological polar surface area (TPSA) is 49.3 Å². The third-order valence-electron chi connectivity index (χ3n) is 5.52. The molecular weight excluding hydrogens is 332 g/mol. The number of aryl methyl sites for hydroxylation is 2. The fraction of sp³-hybridized carbons (Fsp3) is 0.526. The molecule has 0 aromatic carbocycles. The smallest absolute Gasteiger partial charge is 0.257 e. The Morgan fingerprint density at radius 1 is 1.24 bits per heavy atom. The summed E-state index contributed by atoms with van der Waals surface area (Å²) in [6.07, 6.45) is 3.80. The molecule has 0 N–H and O–H groups in total. The fourth-order valence-corrected chi connectivity index (χ4v) is 5.09. The number of piperidine rings is 1. The number of nitrogens with zero attached hydrogens (tertiary/aromatic N) is 4. The van der Waals surface area contributed by atoms with Gasteiger partial charge in [-0.2, -0.15) is 0 Å². The Hall–Kier alpha value is -1.79. The number of carbonyl (C=O) groups is 1. The van der Waals surface area contributed by atoms with Gasteiger partial charge in [-0.3, -0.25) is 9.69 Å². The number of aromatic nitrogens is 2. The molecule has 2 aliphatic heterocycles. The molecule has 4 heterocycles. The average molecular weight is 356 g/mol. The van der Waals surface area contributed by atoms with E-state index in [2.05, 4.69) is 28.9 Å². The van der Waals surface area contributed by atoms with Crippen molar-refractivity contribution in [3.63, 3.8) is 0 Å². The Labute approximate surface area is 152 Å². The minimum absolute atomic E-state index is 0.0203. The first-order valence-electron chi connectivity index (χ1n) is 8.84. The second-order valence-electron chi connectivity index (χ2n) is 7.41. The van der Waals surface area contributed by atoms with Crippen molar-refractivity contribution in [2.24, 2.45) is 0 Å². The molecule has 132 valence electrons. The molecule has 0 aliphatic carbocycles. The molecule has 0 unspecified atom stereocenters. The minimum Gasteiger partial charge on any atom is -0.341 e. The summed E-state index contributed by atoms with van der Waals surface area (Å²) in [6.45, 7) is 7.95. The van der Waals surface area contributed by atoms with Crippen LogP contribution < -0.4 is 0 Å². The summed E-state index contributed by atoms with van der Waals surface area (Å²) in [6, 6.07) is 4.44. The molecule has 5 nitrogen and oxygen atoms in total.